The van der Waals surface area contributed by atoms with Gasteiger partial charge >= 0.3 is 0 Å². The molecule has 0 aromatic rings. The van der Waals surface area contributed by atoms with E-state index in [0.29, 0.717) is 6.61 Å². The maximum absolute atomic E-state index is 9.47. The van der Waals surface area contributed by atoms with Gasteiger partial charge in [-0.1, -0.05) is 20.8 Å². The Balaban J connectivity index is 2.01. The molecule has 6 heteroatoms. The lowest BCUT2D eigenvalue weighted by Crippen LogP contribution is -2.44. The quantitative estimate of drug-likeness (QED) is 0.806. The van der Waals surface area contributed by atoms with Crippen LogP contribution in [0, 0.1) is 0 Å². The van der Waals surface area contributed by atoms with Crippen LogP contribution in [0.5, 0.6) is 0 Å². The van der Waals surface area contributed by atoms with Crippen molar-refractivity contribution in [2.45, 2.75) is 83.0 Å². The minimum absolute atomic E-state index is 0.0583. The molecule has 0 amide bonds. The fourth-order valence-electron chi connectivity index (χ4n) is 2.56. The molecule has 2 fully saturated rings. The van der Waals surface area contributed by atoms with Crippen LogP contribution < -0.4 is 0 Å². The van der Waals surface area contributed by atoms with Gasteiger partial charge in [-0.25, -0.2) is 0 Å². The van der Waals surface area contributed by atoms with Crippen LogP contribution in [0.1, 0.15) is 34.6 Å². The summed E-state index contributed by atoms with van der Waals surface area (Å²) in [5.41, 5.74) is 0. The smallest absolute Gasteiger partial charge is 0.192 e. The minimum atomic E-state index is -1.82. The molecule has 0 saturated carbocycles. The fourth-order valence-corrected chi connectivity index (χ4v) is 3.57. The summed E-state index contributed by atoms with van der Waals surface area (Å²) in [6.07, 6.45) is -0.882. The highest BCUT2D eigenvalue weighted by molar-refractivity contribution is 6.74. The van der Waals surface area contributed by atoms with Crippen molar-refractivity contribution in [2.75, 3.05) is 13.2 Å². The molecule has 1 N–H and O–H groups in total. The molecule has 0 aliphatic carbocycles. The van der Waals surface area contributed by atoms with Gasteiger partial charge in [0.15, 0.2) is 14.1 Å². The Labute approximate surface area is 129 Å². The van der Waals surface area contributed by atoms with Crippen LogP contribution in [0.15, 0.2) is 0 Å². The number of fused-ring (bicyclic) bond motifs is 1. The van der Waals surface area contributed by atoms with E-state index in [1.54, 1.807) is 0 Å². The van der Waals surface area contributed by atoms with E-state index in [4.69, 9.17) is 18.6 Å². The predicted molar refractivity (Wildman–Crippen MR) is 82.7 cm³/mol. The summed E-state index contributed by atoms with van der Waals surface area (Å²) >= 11 is 0. The highest BCUT2D eigenvalue weighted by atomic mass is 28.4. The first-order chi connectivity index (χ1) is 9.47. The Morgan fingerprint density at radius 1 is 1.10 bits per heavy atom. The molecule has 0 spiro atoms. The number of rotatable bonds is 4. The Bertz CT molecular complexity index is 377. The SMILES string of the molecule is CC1(C)O[C@@H]2[C@H](CO[Si](C)(C)C(C)(C)C)OC(CO)[C@@H]2O1. The third-order valence-electron chi connectivity index (χ3n) is 4.84. The monoisotopic (exact) mass is 318 g/mol. The molecular weight excluding hydrogens is 288 g/mol. The standard InChI is InChI=1S/C15H30O5Si/c1-14(2,3)21(6,7)17-9-11-13-12(10(8-16)18-11)19-15(4,5)20-13/h10-13,16H,8-9H2,1-7H3/t10?,11-,12-,13+/m0/s1. The van der Waals surface area contributed by atoms with Gasteiger partial charge in [0, 0.05) is 0 Å². The second kappa shape index (κ2) is 5.58. The van der Waals surface area contributed by atoms with Gasteiger partial charge in [0.2, 0.25) is 0 Å². The Hall–Kier alpha value is 0.0169. The molecule has 2 aliphatic rings. The first kappa shape index (κ1) is 17.4. The summed E-state index contributed by atoms with van der Waals surface area (Å²) in [7, 11) is -1.82. The van der Waals surface area contributed by atoms with Crippen LogP contribution in [0.25, 0.3) is 0 Å². The second-order valence-corrected chi connectivity index (χ2v) is 12.8. The van der Waals surface area contributed by atoms with Gasteiger partial charge in [0.25, 0.3) is 0 Å². The number of hydrogen-bond donors (Lipinski definition) is 1. The predicted octanol–water partition coefficient (Wildman–Crippen LogP) is 2.29. The van der Waals surface area contributed by atoms with Crippen LogP contribution in [0.2, 0.25) is 18.1 Å². The summed E-state index contributed by atoms with van der Waals surface area (Å²) in [5, 5.41) is 9.63. The molecule has 5 nitrogen and oxygen atoms in total. The first-order valence-corrected chi connectivity index (χ1v) is 10.6. The number of ether oxygens (including phenoxy) is 3. The van der Waals surface area contributed by atoms with Crippen molar-refractivity contribution in [1.29, 1.82) is 0 Å². The largest absolute Gasteiger partial charge is 0.414 e. The summed E-state index contributed by atoms with van der Waals surface area (Å²) in [5.74, 6) is -0.623. The number of aliphatic hydroxyl groups excluding tert-OH is 1. The van der Waals surface area contributed by atoms with Gasteiger partial charge in [-0.05, 0) is 32.0 Å². The zero-order chi connectivity index (χ0) is 16.1. The third-order valence-corrected chi connectivity index (χ3v) is 9.34. The van der Waals surface area contributed by atoms with E-state index in [1.165, 1.54) is 0 Å². The topological polar surface area (TPSA) is 57.2 Å². The fraction of sp³-hybridized carbons (Fsp3) is 1.00. The summed E-state index contributed by atoms with van der Waals surface area (Å²) in [4.78, 5) is 0. The number of aliphatic hydroxyl groups is 1. The molecule has 0 aromatic carbocycles. The van der Waals surface area contributed by atoms with E-state index in [1.807, 2.05) is 13.8 Å². The van der Waals surface area contributed by atoms with Crippen LogP contribution in [0.4, 0.5) is 0 Å². The summed E-state index contributed by atoms with van der Waals surface area (Å²) in [6, 6.07) is 0. The molecule has 1 unspecified atom stereocenters. The van der Waals surface area contributed by atoms with Gasteiger partial charge in [0.05, 0.1) is 13.2 Å². The zero-order valence-corrected chi connectivity index (χ0v) is 15.3. The molecule has 124 valence electrons. The van der Waals surface area contributed by atoms with Crippen LogP contribution >= 0.6 is 0 Å². The average Bonchev–Trinajstić information content (AvgIpc) is 2.78. The van der Waals surface area contributed by atoms with Crippen molar-refractivity contribution in [1.82, 2.24) is 0 Å². The van der Waals surface area contributed by atoms with E-state index in [2.05, 4.69) is 33.9 Å². The lowest BCUT2D eigenvalue weighted by molar-refractivity contribution is -0.192. The maximum atomic E-state index is 9.47. The van der Waals surface area contributed by atoms with E-state index < -0.39 is 14.1 Å². The average molecular weight is 318 g/mol. The molecule has 0 radical (unpaired) electrons. The summed E-state index contributed by atoms with van der Waals surface area (Å²) in [6.45, 7) is 15.3. The van der Waals surface area contributed by atoms with Crippen molar-refractivity contribution < 1.29 is 23.7 Å². The Kier molecular flexibility index (Phi) is 4.62. The van der Waals surface area contributed by atoms with Crippen molar-refractivity contribution in [3.63, 3.8) is 0 Å². The molecule has 21 heavy (non-hydrogen) atoms. The van der Waals surface area contributed by atoms with E-state index in [0.717, 1.165) is 0 Å². The normalized spacial score (nSPS) is 36.0. The molecule has 4 atom stereocenters. The lowest BCUT2D eigenvalue weighted by atomic mass is 10.1. The van der Waals surface area contributed by atoms with Crippen LogP contribution in [-0.2, 0) is 18.6 Å². The van der Waals surface area contributed by atoms with E-state index in [9.17, 15) is 5.11 Å². The molecule has 2 heterocycles. The van der Waals surface area contributed by atoms with Gasteiger partial charge < -0.3 is 23.7 Å². The van der Waals surface area contributed by atoms with Gasteiger partial charge in [-0.15, -0.1) is 0 Å². The minimum Gasteiger partial charge on any atom is -0.414 e. The zero-order valence-electron chi connectivity index (χ0n) is 14.3. The number of hydrogen-bond acceptors (Lipinski definition) is 5. The lowest BCUT2D eigenvalue weighted by Gasteiger charge is -2.37. The molecule has 2 aliphatic heterocycles. The van der Waals surface area contributed by atoms with Crippen LogP contribution in [-0.4, -0.2) is 56.8 Å². The first-order valence-electron chi connectivity index (χ1n) is 7.73. The van der Waals surface area contributed by atoms with Crippen molar-refractivity contribution >= 4 is 8.32 Å². The molecule has 2 saturated heterocycles. The summed E-state index contributed by atoms with van der Waals surface area (Å²) < 4.78 is 23.9. The third kappa shape index (κ3) is 3.51. The second-order valence-electron chi connectivity index (χ2n) is 8.03. The molecule has 2 rings (SSSR count). The van der Waals surface area contributed by atoms with Gasteiger partial charge in [-0.3, -0.25) is 0 Å². The maximum Gasteiger partial charge on any atom is 0.192 e. The molecular formula is C15H30O5Si. The molecule has 0 aromatic heterocycles. The highest BCUT2D eigenvalue weighted by Gasteiger charge is 2.55. The molecule has 0 bridgehead atoms. The van der Waals surface area contributed by atoms with Gasteiger partial charge in [-0.2, -0.15) is 0 Å². The van der Waals surface area contributed by atoms with Crippen LogP contribution in [0.3, 0.4) is 0 Å². The Morgan fingerprint density at radius 2 is 1.62 bits per heavy atom. The van der Waals surface area contributed by atoms with Crippen molar-refractivity contribution in [3.05, 3.63) is 0 Å². The van der Waals surface area contributed by atoms with E-state index >= 15 is 0 Å². The van der Waals surface area contributed by atoms with Crippen molar-refractivity contribution in [2.24, 2.45) is 0 Å². The highest BCUT2D eigenvalue weighted by Crippen LogP contribution is 2.40. The van der Waals surface area contributed by atoms with Gasteiger partial charge in [0.1, 0.15) is 24.4 Å². The van der Waals surface area contributed by atoms with E-state index in [-0.39, 0.29) is 36.1 Å². The Morgan fingerprint density at radius 3 is 2.10 bits per heavy atom. The van der Waals surface area contributed by atoms with Crippen molar-refractivity contribution in [3.8, 4) is 0 Å².